The Labute approximate surface area is 145 Å². The lowest BCUT2D eigenvalue weighted by Crippen LogP contribution is -2.38. The number of nitrogens with zero attached hydrogens (tertiary/aromatic N) is 2. The summed E-state index contributed by atoms with van der Waals surface area (Å²) in [7, 11) is 1.55. The molecule has 1 aromatic carbocycles. The van der Waals surface area contributed by atoms with Gasteiger partial charge in [-0.25, -0.2) is 4.98 Å². The van der Waals surface area contributed by atoms with E-state index in [0.717, 1.165) is 0 Å². The molecule has 0 atom stereocenters. The number of benzene rings is 1. The first-order chi connectivity index (χ1) is 11.7. The first kappa shape index (κ1) is 16.5. The molecule has 0 radical (unpaired) electrons. The van der Waals surface area contributed by atoms with Gasteiger partial charge in [0.25, 0.3) is 5.91 Å². The number of carbonyl (C=O) groups excluding carboxylic acids is 1. The van der Waals surface area contributed by atoms with Crippen molar-refractivity contribution in [3.05, 3.63) is 47.1 Å². The lowest BCUT2D eigenvalue weighted by molar-refractivity contribution is 0.102. The second-order valence-electron chi connectivity index (χ2n) is 5.28. The van der Waals surface area contributed by atoms with Gasteiger partial charge in [0.2, 0.25) is 0 Å². The lowest BCUT2D eigenvalue weighted by Gasteiger charge is -2.29. The molecule has 1 N–H and O–H groups in total. The number of methoxy groups -OCH3 is 1. The third-order valence-corrected chi connectivity index (χ3v) is 4.05. The second-order valence-corrected chi connectivity index (χ2v) is 5.68. The van der Waals surface area contributed by atoms with Gasteiger partial charge in [-0.3, -0.25) is 4.79 Å². The zero-order valence-corrected chi connectivity index (χ0v) is 14.0. The zero-order valence-electron chi connectivity index (χ0n) is 13.3. The number of pyridine rings is 1. The molecule has 0 bridgehead atoms. The van der Waals surface area contributed by atoms with Crippen LogP contribution in [0.15, 0.2) is 36.5 Å². The van der Waals surface area contributed by atoms with Crippen LogP contribution in [0, 0.1) is 0 Å². The van der Waals surface area contributed by atoms with Crippen molar-refractivity contribution in [3.63, 3.8) is 0 Å². The summed E-state index contributed by atoms with van der Waals surface area (Å²) in [6, 6.07) is 8.62. The maximum atomic E-state index is 12.7. The normalized spacial score (nSPS) is 14.3. The van der Waals surface area contributed by atoms with E-state index in [1.165, 1.54) is 0 Å². The second kappa shape index (κ2) is 7.51. The predicted octanol–water partition coefficient (Wildman–Crippen LogP) is 2.83. The SMILES string of the molecule is COc1ccc(NC(=O)c2cccnc2N2CCOCC2)cc1Cl. The van der Waals surface area contributed by atoms with Crippen molar-refractivity contribution < 1.29 is 14.3 Å². The molecule has 1 aliphatic heterocycles. The molecule has 1 saturated heterocycles. The van der Waals surface area contributed by atoms with Crippen LogP contribution in [0.1, 0.15) is 10.4 Å². The van der Waals surface area contributed by atoms with Crippen molar-refractivity contribution >= 4 is 29.0 Å². The molecular formula is C17H18ClN3O3. The number of halogens is 1. The molecule has 1 aliphatic rings. The summed E-state index contributed by atoms with van der Waals surface area (Å²) in [5.41, 5.74) is 1.12. The highest BCUT2D eigenvalue weighted by Gasteiger charge is 2.20. The number of nitrogens with one attached hydrogen (secondary N) is 1. The van der Waals surface area contributed by atoms with Gasteiger partial charge < -0.3 is 19.7 Å². The van der Waals surface area contributed by atoms with E-state index in [-0.39, 0.29) is 5.91 Å². The molecule has 126 valence electrons. The van der Waals surface area contributed by atoms with E-state index in [1.54, 1.807) is 43.6 Å². The van der Waals surface area contributed by atoms with Crippen LogP contribution >= 0.6 is 11.6 Å². The molecule has 0 saturated carbocycles. The zero-order chi connectivity index (χ0) is 16.9. The number of carbonyl (C=O) groups is 1. The summed E-state index contributed by atoms with van der Waals surface area (Å²) in [5, 5.41) is 3.29. The Morgan fingerprint density at radius 1 is 1.33 bits per heavy atom. The van der Waals surface area contributed by atoms with E-state index in [1.807, 2.05) is 0 Å². The molecule has 2 heterocycles. The quantitative estimate of drug-likeness (QED) is 0.921. The van der Waals surface area contributed by atoms with Crippen molar-refractivity contribution in [1.82, 2.24) is 4.98 Å². The van der Waals surface area contributed by atoms with Gasteiger partial charge in [-0.15, -0.1) is 0 Å². The van der Waals surface area contributed by atoms with Gasteiger partial charge in [-0.05, 0) is 30.3 Å². The van der Waals surface area contributed by atoms with E-state index >= 15 is 0 Å². The maximum Gasteiger partial charge on any atom is 0.259 e. The van der Waals surface area contributed by atoms with Crippen LogP contribution in [0.3, 0.4) is 0 Å². The first-order valence-electron chi connectivity index (χ1n) is 7.61. The molecular weight excluding hydrogens is 330 g/mol. The highest BCUT2D eigenvalue weighted by molar-refractivity contribution is 6.32. The molecule has 24 heavy (non-hydrogen) atoms. The third kappa shape index (κ3) is 3.60. The number of anilines is 2. The molecule has 3 rings (SSSR count). The van der Waals surface area contributed by atoms with Gasteiger partial charge in [0, 0.05) is 25.0 Å². The summed E-state index contributed by atoms with van der Waals surface area (Å²) < 4.78 is 10.5. The van der Waals surface area contributed by atoms with Gasteiger partial charge in [0.1, 0.15) is 11.6 Å². The van der Waals surface area contributed by atoms with Crippen LogP contribution < -0.4 is 15.0 Å². The van der Waals surface area contributed by atoms with Gasteiger partial charge >= 0.3 is 0 Å². The Kier molecular flexibility index (Phi) is 5.17. The smallest absolute Gasteiger partial charge is 0.259 e. The molecule has 2 aromatic rings. The first-order valence-corrected chi connectivity index (χ1v) is 7.99. The van der Waals surface area contributed by atoms with Gasteiger partial charge in [-0.2, -0.15) is 0 Å². The van der Waals surface area contributed by atoms with E-state index in [9.17, 15) is 4.79 Å². The van der Waals surface area contributed by atoms with Crippen LogP contribution in [0.2, 0.25) is 5.02 Å². The molecule has 0 spiro atoms. The molecule has 6 nitrogen and oxygen atoms in total. The van der Waals surface area contributed by atoms with Crippen molar-refractivity contribution in [1.29, 1.82) is 0 Å². The van der Waals surface area contributed by atoms with Gasteiger partial charge in [0.15, 0.2) is 0 Å². The average molecular weight is 348 g/mol. The van der Waals surface area contributed by atoms with Gasteiger partial charge in [0.05, 0.1) is 30.9 Å². The van der Waals surface area contributed by atoms with Crippen molar-refractivity contribution in [3.8, 4) is 5.75 Å². The van der Waals surface area contributed by atoms with E-state index in [2.05, 4.69) is 15.2 Å². The van der Waals surface area contributed by atoms with E-state index in [4.69, 9.17) is 21.1 Å². The largest absolute Gasteiger partial charge is 0.495 e. The highest BCUT2D eigenvalue weighted by atomic mass is 35.5. The number of rotatable bonds is 4. The fraction of sp³-hybridized carbons (Fsp3) is 0.294. The predicted molar refractivity (Wildman–Crippen MR) is 93.2 cm³/mol. The highest BCUT2D eigenvalue weighted by Crippen LogP contribution is 2.28. The van der Waals surface area contributed by atoms with Crippen LogP contribution in [-0.2, 0) is 4.74 Å². The topological polar surface area (TPSA) is 63.7 Å². The summed E-state index contributed by atoms with van der Waals surface area (Å²) in [6.45, 7) is 2.69. The lowest BCUT2D eigenvalue weighted by atomic mass is 10.2. The maximum absolute atomic E-state index is 12.7. The van der Waals surface area contributed by atoms with Crippen molar-refractivity contribution in [2.75, 3.05) is 43.6 Å². The minimum atomic E-state index is -0.231. The number of hydrogen-bond donors (Lipinski definition) is 1. The third-order valence-electron chi connectivity index (χ3n) is 3.75. The molecule has 1 amide bonds. The monoisotopic (exact) mass is 347 g/mol. The fourth-order valence-corrected chi connectivity index (χ4v) is 2.80. The Morgan fingerprint density at radius 2 is 2.12 bits per heavy atom. The van der Waals surface area contributed by atoms with Crippen LogP contribution in [0.5, 0.6) is 5.75 Å². The fourth-order valence-electron chi connectivity index (χ4n) is 2.54. The van der Waals surface area contributed by atoms with Crippen molar-refractivity contribution in [2.45, 2.75) is 0 Å². The molecule has 0 aliphatic carbocycles. The molecule has 1 aromatic heterocycles. The van der Waals surface area contributed by atoms with Crippen LogP contribution in [0.25, 0.3) is 0 Å². The Hall–Kier alpha value is -2.31. The minimum Gasteiger partial charge on any atom is -0.495 e. The Bertz CT molecular complexity index is 733. The number of morpholine rings is 1. The van der Waals surface area contributed by atoms with E-state index in [0.29, 0.717) is 54.1 Å². The number of aromatic nitrogens is 1. The Morgan fingerprint density at radius 3 is 2.83 bits per heavy atom. The summed E-state index contributed by atoms with van der Waals surface area (Å²) >= 11 is 6.10. The van der Waals surface area contributed by atoms with Crippen LogP contribution in [-0.4, -0.2) is 44.3 Å². The van der Waals surface area contributed by atoms with Crippen molar-refractivity contribution in [2.24, 2.45) is 0 Å². The standard InChI is InChI=1S/C17H18ClN3O3/c1-23-15-5-4-12(11-14(15)18)20-17(22)13-3-2-6-19-16(13)21-7-9-24-10-8-21/h2-6,11H,7-10H2,1H3,(H,20,22). The Balaban J connectivity index is 1.81. The van der Waals surface area contributed by atoms with E-state index < -0.39 is 0 Å². The summed E-state index contributed by atoms with van der Waals surface area (Å²) in [5.74, 6) is 0.994. The van der Waals surface area contributed by atoms with Gasteiger partial charge in [-0.1, -0.05) is 11.6 Å². The minimum absolute atomic E-state index is 0.231. The molecule has 0 unspecified atom stereocenters. The number of ether oxygens (including phenoxy) is 2. The van der Waals surface area contributed by atoms with Crippen LogP contribution in [0.4, 0.5) is 11.5 Å². The summed E-state index contributed by atoms with van der Waals surface area (Å²) in [6.07, 6.45) is 1.69. The molecule has 1 fully saturated rings. The average Bonchev–Trinajstić information content (AvgIpc) is 2.62. The number of hydrogen-bond acceptors (Lipinski definition) is 5. The number of amides is 1. The molecule has 7 heteroatoms. The summed E-state index contributed by atoms with van der Waals surface area (Å²) in [4.78, 5) is 19.1.